The van der Waals surface area contributed by atoms with Gasteiger partial charge in [0.25, 0.3) is 5.91 Å². The SMILES string of the molecule is O=C(C=CC=C(c1ccc(OC(F)(F)F)cc1)c1ccc(C(F)(F)F)cc1)Nc1cccc2c1CC(O)C(=O)N2. The van der Waals surface area contributed by atoms with Crippen LogP contribution in [0.25, 0.3) is 5.57 Å². The molecule has 0 spiro atoms. The summed E-state index contributed by atoms with van der Waals surface area (Å²) in [5, 5.41) is 15.0. The van der Waals surface area contributed by atoms with Crippen molar-refractivity contribution in [2.45, 2.75) is 25.1 Å². The number of rotatable bonds is 6. The smallest absolute Gasteiger partial charge is 0.406 e. The van der Waals surface area contributed by atoms with Crippen LogP contribution in [0, 0.1) is 0 Å². The third-order valence-corrected chi connectivity index (χ3v) is 5.82. The van der Waals surface area contributed by atoms with Gasteiger partial charge in [0.05, 0.1) is 5.56 Å². The fourth-order valence-electron chi connectivity index (χ4n) is 3.98. The number of halogens is 6. The summed E-state index contributed by atoms with van der Waals surface area (Å²) in [6.07, 6.45) is -6.85. The molecule has 1 unspecified atom stereocenters. The van der Waals surface area contributed by atoms with Crippen molar-refractivity contribution in [1.29, 1.82) is 0 Å². The first-order chi connectivity index (χ1) is 18.8. The van der Waals surface area contributed by atoms with E-state index in [1.807, 2.05) is 0 Å². The van der Waals surface area contributed by atoms with Crippen LogP contribution in [-0.4, -0.2) is 29.4 Å². The number of allylic oxidation sites excluding steroid dienone is 2. The van der Waals surface area contributed by atoms with E-state index in [0.29, 0.717) is 33.6 Å². The van der Waals surface area contributed by atoms with Crippen LogP contribution in [-0.2, 0) is 22.2 Å². The number of anilines is 2. The molecule has 0 fully saturated rings. The number of nitrogens with one attached hydrogen (secondary N) is 2. The molecule has 40 heavy (non-hydrogen) atoms. The summed E-state index contributed by atoms with van der Waals surface area (Å²) in [5.74, 6) is -1.63. The molecule has 0 saturated carbocycles. The zero-order valence-electron chi connectivity index (χ0n) is 20.3. The van der Waals surface area contributed by atoms with Crippen LogP contribution in [0.2, 0.25) is 0 Å². The zero-order valence-corrected chi connectivity index (χ0v) is 20.3. The fraction of sp³-hybridized carbons (Fsp3) is 0.143. The Hall–Kier alpha value is -4.58. The lowest BCUT2D eigenvalue weighted by Crippen LogP contribution is -2.34. The van der Waals surface area contributed by atoms with E-state index in [1.165, 1.54) is 36.4 Å². The molecule has 1 atom stereocenters. The molecule has 3 N–H and O–H groups in total. The van der Waals surface area contributed by atoms with E-state index in [1.54, 1.807) is 18.2 Å². The maximum absolute atomic E-state index is 13.0. The molecular weight excluding hydrogens is 542 g/mol. The predicted octanol–water partition coefficient (Wildman–Crippen LogP) is 6.09. The van der Waals surface area contributed by atoms with Crippen molar-refractivity contribution in [3.8, 4) is 5.75 Å². The van der Waals surface area contributed by atoms with Gasteiger partial charge in [-0.1, -0.05) is 42.5 Å². The molecule has 4 rings (SSSR count). The van der Waals surface area contributed by atoms with E-state index in [9.17, 15) is 41.0 Å². The lowest BCUT2D eigenvalue weighted by Gasteiger charge is -2.23. The van der Waals surface area contributed by atoms with Crippen molar-refractivity contribution in [1.82, 2.24) is 0 Å². The third kappa shape index (κ3) is 7.08. The quantitative estimate of drug-likeness (QED) is 0.193. The highest BCUT2D eigenvalue weighted by Crippen LogP contribution is 2.33. The monoisotopic (exact) mass is 562 g/mol. The van der Waals surface area contributed by atoms with Gasteiger partial charge in [-0.15, -0.1) is 13.2 Å². The minimum Gasteiger partial charge on any atom is -0.406 e. The molecule has 0 saturated heterocycles. The van der Waals surface area contributed by atoms with Crippen molar-refractivity contribution < 1.29 is 45.8 Å². The standard InChI is InChI=1S/C28H20F6N2O4/c29-27(30,31)18-11-7-16(8-12-18)20(17-9-13-19(14-10-17)40-28(32,33)34)3-1-6-25(38)35-22-4-2-5-23-21(22)15-24(37)26(39)36-23/h1-14,24,37H,15H2,(H,35,38)(H,36,39). The summed E-state index contributed by atoms with van der Waals surface area (Å²) in [6, 6.07) is 13.7. The molecule has 3 aromatic carbocycles. The van der Waals surface area contributed by atoms with Crippen molar-refractivity contribution >= 4 is 28.8 Å². The Bertz CT molecular complexity index is 1460. The highest BCUT2D eigenvalue weighted by molar-refractivity contribution is 6.03. The average molecular weight is 562 g/mol. The first-order valence-corrected chi connectivity index (χ1v) is 11.6. The number of ether oxygens (including phenoxy) is 1. The Morgan fingerprint density at radius 3 is 2.17 bits per heavy atom. The topological polar surface area (TPSA) is 87.7 Å². The Morgan fingerprint density at radius 1 is 0.950 bits per heavy atom. The van der Waals surface area contributed by atoms with Crippen LogP contribution in [0.3, 0.4) is 0 Å². The molecule has 3 aromatic rings. The lowest BCUT2D eigenvalue weighted by molar-refractivity contribution is -0.274. The van der Waals surface area contributed by atoms with Crippen molar-refractivity contribution in [3.63, 3.8) is 0 Å². The van der Waals surface area contributed by atoms with Gasteiger partial charge in [0.2, 0.25) is 5.91 Å². The minimum absolute atomic E-state index is 0.00659. The predicted molar refractivity (Wildman–Crippen MR) is 134 cm³/mol. The Labute approximate surface area is 223 Å². The summed E-state index contributed by atoms with van der Waals surface area (Å²) in [5.41, 5.74) is 1.42. The molecular formula is C28H20F6N2O4. The van der Waals surface area contributed by atoms with E-state index in [2.05, 4.69) is 15.4 Å². The number of fused-ring (bicyclic) bond motifs is 1. The number of carbonyl (C=O) groups is 2. The third-order valence-electron chi connectivity index (χ3n) is 5.82. The van der Waals surface area contributed by atoms with Gasteiger partial charge in [0.15, 0.2) is 0 Å². The summed E-state index contributed by atoms with van der Waals surface area (Å²) in [4.78, 5) is 24.3. The van der Waals surface area contributed by atoms with E-state index >= 15 is 0 Å². The van der Waals surface area contributed by atoms with Crippen LogP contribution in [0.1, 0.15) is 22.3 Å². The maximum Gasteiger partial charge on any atom is 0.573 e. The lowest BCUT2D eigenvalue weighted by atomic mass is 9.96. The highest BCUT2D eigenvalue weighted by Gasteiger charge is 2.31. The number of amides is 2. The zero-order chi connectivity index (χ0) is 29.1. The molecule has 0 aliphatic carbocycles. The molecule has 0 radical (unpaired) electrons. The number of hydrogen-bond donors (Lipinski definition) is 3. The van der Waals surface area contributed by atoms with E-state index in [-0.39, 0.29) is 6.42 Å². The maximum atomic E-state index is 13.0. The number of alkyl halides is 6. The second kappa shape index (κ2) is 11.3. The summed E-state index contributed by atoms with van der Waals surface area (Å²) in [6.45, 7) is 0. The molecule has 1 aliphatic heterocycles. The Balaban J connectivity index is 1.60. The molecule has 2 amide bonds. The summed E-state index contributed by atoms with van der Waals surface area (Å²) < 4.78 is 80.5. The number of aliphatic hydroxyl groups excluding tert-OH is 1. The normalized spacial score (nSPS) is 15.9. The van der Waals surface area contributed by atoms with Gasteiger partial charge in [-0.05, 0) is 53.1 Å². The molecule has 0 aromatic heterocycles. The van der Waals surface area contributed by atoms with Crippen molar-refractivity contribution in [2.75, 3.05) is 10.6 Å². The van der Waals surface area contributed by atoms with Gasteiger partial charge in [0, 0.05) is 29.4 Å². The van der Waals surface area contributed by atoms with Gasteiger partial charge < -0.3 is 20.5 Å². The molecule has 0 bridgehead atoms. The van der Waals surface area contributed by atoms with Crippen LogP contribution in [0.5, 0.6) is 5.75 Å². The Morgan fingerprint density at radius 2 is 1.57 bits per heavy atom. The number of carbonyl (C=O) groups excluding carboxylic acids is 2. The molecule has 1 aliphatic rings. The average Bonchev–Trinajstić information content (AvgIpc) is 2.87. The van der Waals surface area contributed by atoms with Crippen molar-refractivity contribution in [3.05, 3.63) is 107 Å². The molecule has 6 nitrogen and oxygen atoms in total. The van der Waals surface area contributed by atoms with Crippen molar-refractivity contribution in [2.24, 2.45) is 0 Å². The van der Waals surface area contributed by atoms with Crippen LogP contribution >= 0.6 is 0 Å². The second-order valence-corrected chi connectivity index (χ2v) is 8.62. The second-order valence-electron chi connectivity index (χ2n) is 8.62. The molecule has 12 heteroatoms. The van der Waals surface area contributed by atoms with E-state index in [0.717, 1.165) is 30.3 Å². The van der Waals surface area contributed by atoms with Crippen LogP contribution in [0.4, 0.5) is 37.7 Å². The number of aliphatic hydroxyl groups is 1. The van der Waals surface area contributed by atoms with Gasteiger partial charge in [-0.2, -0.15) is 13.2 Å². The van der Waals surface area contributed by atoms with E-state index < -0.39 is 41.8 Å². The first-order valence-electron chi connectivity index (χ1n) is 11.6. The van der Waals surface area contributed by atoms with Gasteiger partial charge in [-0.3, -0.25) is 9.59 Å². The van der Waals surface area contributed by atoms with Gasteiger partial charge in [0.1, 0.15) is 11.9 Å². The highest BCUT2D eigenvalue weighted by atomic mass is 19.4. The largest absolute Gasteiger partial charge is 0.573 e. The van der Waals surface area contributed by atoms with Crippen LogP contribution in [0.15, 0.2) is 85.0 Å². The molecule has 1 heterocycles. The van der Waals surface area contributed by atoms with Crippen LogP contribution < -0.4 is 15.4 Å². The first kappa shape index (κ1) is 28.4. The summed E-state index contributed by atoms with van der Waals surface area (Å²) in [7, 11) is 0. The number of benzene rings is 3. The van der Waals surface area contributed by atoms with E-state index in [4.69, 9.17) is 0 Å². The number of hydrogen-bond acceptors (Lipinski definition) is 4. The van der Waals surface area contributed by atoms with Gasteiger partial charge in [-0.25, -0.2) is 0 Å². The fourth-order valence-corrected chi connectivity index (χ4v) is 3.98. The minimum atomic E-state index is -4.90. The molecule has 208 valence electrons. The Kier molecular flexibility index (Phi) is 8.01. The summed E-state index contributed by atoms with van der Waals surface area (Å²) >= 11 is 0. The van der Waals surface area contributed by atoms with Gasteiger partial charge >= 0.3 is 12.5 Å².